The minimum Gasteiger partial charge on any atom is -0.445 e. The number of hydrogen-bond acceptors (Lipinski definition) is 3. The van der Waals surface area contributed by atoms with Gasteiger partial charge in [0, 0.05) is 6.42 Å². The summed E-state index contributed by atoms with van der Waals surface area (Å²) in [4.78, 5) is 24.6. The van der Waals surface area contributed by atoms with Crippen LogP contribution in [0.4, 0.5) is 4.79 Å². The average Bonchev–Trinajstić information content (AvgIpc) is 2.60. The summed E-state index contributed by atoms with van der Waals surface area (Å²) in [7, 11) is 0. The maximum atomic E-state index is 12.5. The molecule has 0 aliphatic heterocycles. The van der Waals surface area contributed by atoms with Crippen molar-refractivity contribution in [1.29, 1.82) is 0 Å². The quantitative estimate of drug-likeness (QED) is 0.786. The van der Waals surface area contributed by atoms with Crippen LogP contribution in [0.1, 0.15) is 31.4 Å². The molecule has 4 heteroatoms. The van der Waals surface area contributed by atoms with Gasteiger partial charge in [0.15, 0.2) is 5.78 Å². The van der Waals surface area contributed by atoms with Crippen LogP contribution in [0.2, 0.25) is 0 Å². The molecule has 0 aromatic heterocycles. The number of nitrogens with one attached hydrogen (secondary N) is 1. The Morgan fingerprint density at radius 2 is 1.48 bits per heavy atom. The van der Waals surface area contributed by atoms with Crippen molar-refractivity contribution in [3.05, 3.63) is 71.8 Å². The van der Waals surface area contributed by atoms with Gasteiger partial charge < -0.3 is 10.1 Å². The summed E-state index contributed by atoms with van der Waals surface area (Å²) in [6.45, 7) is 4.17. The Morgan fingerprint density at radius 3 is 2.04 bits per heavy atom. The number of Topliss-reactive ketones (excluding diaryl/α,β-unsaturated/α-hetero) is 1. The second kappa shape index (κ2) is 9.62. The van der Waals surface area contributed by atoms with Gasteiger partial charge in [0.1, 0.15) is 6.61 Å². The van der Waals surface area contributed by atoms with Crippen molar-refractivity contribution in [2.24, 2.45) is 5.92 Å². The molecule has 0 aliphatic rings. The third kappa shape index (κ3) is 6.79. The highest BCUT2D eigenvalue weighted by atomic mass is 16.5. The van der Waals surface area contributed by atoms with E-state index in [1.54, 1.807) is 0 Å². The summed E-state index contributed by atoms with van der Waals surface area (Å²) in [5, 5.41) is 2.73. The van der Waals surface area contributed by atoms with Gasteiger partial charge in [-0.15, -0.1) is 0 Å². The molecule has 0 saturated heterocycles. The SMILES string of the molecule is CC(C)CC(=O)C(Cc1ccccc1)NC(=O)OCc1ccccc1. The van der Waals surface area contributed by atoms with Crippen LogP contribution >= 0.6 is 0 Å². The van der Waals surface area contributed by atoms with Crippen molar-refractivity contribution in [3.8, 4) is 0 Å². The van der Waals surface area contributed by atoms with Crippen LogP contribution in [-0.4, -0.2) is 17.9 Å². The zero-order valence-electron chi connectivity index (χ0n) is 14.8. The molecule has 0 spiro atoms. The highest BCUT2D eigenvalue weighted by Crippen LogP contribution is 2.10. The molecular weight excluding hydrogens is 314 g/mol. The monoisotopic (exact) mass is 339 g/mol. The highest BCUT2D eigenvalue weighted by Gasteiger charge is 2.22. The van der Waals surface area contributed by atoms with Gasteiger partial charge in [-0.05, 0) is 23.5 Å². The number of hydrogen-bond donors (Lipinski definition) is 1. The zero-order valence-corrected chi connectivity index (χ0v) is 14.8. The number of carbonyl (C=O) groups excluding carboxylic acids is 2. The van der Waals surface area contributed by atoms with Crippen LogP contribution in [0, 0.1) is 5.92 Å². The van der Waals surface area contributed by atoms with Gasteiger partial charge in [-0.2, -0.15) is 0 Å². The molecule has 0 heterocycles. The van der Waals surface area contributed by atoms with E-state index < -0.39 is 12.1 Å². The first-order chi connectivity index (χ1) is 12.0. The molecule has 0 bridgehead atoms. The standard InChI is InChI=1S/C21H25NO3/c1-16(2)13-20(23)19(14-17-9-5-3-6-10-17)22-21(24)25-15-18-11-7-4-8-12-18/h3-12,16,19H,13-15H2,1-2H3,(H,22,24). The Hall–Kier alpha value is -2.62. The van der Waals surface area contributed by atoms with Gasteiger partial charge in [-0.1, -0.05) is 74.5 Å². The number of ketones is 1. The third-order valence-electron chi connectivity index (χ3n) is 3.79. The molecule has 2 aromatic rings. The molecule has 1 N–H and O–H groups in total. The maximum absolute atomic E-state index is 12.5. The first-order valence-corrected chi connectivity index (χ1v) is 8.58. The first kappa shape index (κ1) is 18.7. The number of benzene rings is 2. The number of carbonyl (C=O) groups is 2. The lowest BCUT2D eigenvalue weighted by Gasteiger charge is -2.19. The van der Waals surface area contributed by atoms with E-state index in [-0.39, 0.29) is 18.3 Å². The van der Waals surface area contributed by atoms with Crippen LogP contribution in [0.5, 0.6) is 0 Å². The van der Waals surface area contributed by atoms with E-state index in [0.29, 0.717) is 12.8 Å². The van der Waals surface area contributed by atoms with E-state index in [1.807, 2.05) is 74.5 Å². The van der Waals surface area contributed by atoms with E-state index in [1.165, 1.54) is 0 Å². The second-order valence-corrected chi connectivity index (χ2v) is 6.51. The van der Waals surface area contributed by atoms with Crippen molar-refractivity contribution in [2.75, 3.05) is 0 Å². The molecule has 0 radical (unpaired) electrons. The number of amides is 1. The predicted octanol–water partition coefficient (Wildman–Crippen LogP) is 4.14. The lowest BCUT2D eigenvalue weighted by molar-refractivity contribution is -0.121. The van der Waals surface area contributed by atoms with Gasteiger partial charge >= 0.3 is 6.09 Å². The average molecular weight is 339 g/mol. The predicted molar refractivity (Wildman–Crippen MR) is 98.2 cm³/mol. The summed E-state index contributed by atoms with van der Waals surface area (Å²) in [6, 6.07) is 18.6. The van der Waals surface area contributed by atoms with Crippen LogP contribution in [-0.2, 0) is 22.6 Å². The Morgan fingerprint density at radius 1 is 0.920 bits per heavy atom. The summed E-state index contributed by atoms with van der Waals surface area (Å²) in [5.41, 5.74) is 1.92. The summed E-state index contributed by atoms with van der Waals surface area (Å²) in [5.74, 6) is 0.267. The van der Waals surface area contributed by atoms with Gasteiger partial charge in [0.05, 0.1) is 6.04 Å². The third-order valence-corrected chi connectivity index (χ3v) is 3.79. The van der Waals surface area contributed by atoms with Gasteiger partial charge in [-0.25, -0.2) is 4.79 Å². The van der Waals surface area contributed by atoms with E-state index in [9.17, 15) is 9.59 Å². The molecule has 2 rings (SSSR count). The minimum atomic E-state index is -0.576. The minimum absolute atomic E-state index is 0.0236. The molecule has 0 aliphatic carbocycles. The van der Waals surface area contributed by atoms with Crippen molar-refractivity contribution in [2.45, 2.75) is 39.3 Å². The molecule has 2 aromatic carbocycles. The van der Waals surface area contributed by atoms with E-state index in [4.69, 9.17) is 4.74 Å². The molecule has 4 nitrogen and oxygen atoms in total. The second-order valence-electron chi connectivity index (χ2n) is 6.51. The Kier molecular flexibility index (Phi) is 7.20. The number of rotatable bonds is 8. The molecule has 0 saturated carbocycles. The molecule has 1 amide bonds. The van der Waals surface area contributed by atoms with E-state index in [0.717, 1.165) is 11.1 Å². The maximum Gasteiger partial charge on any atom is 0.408 e. The molecule has 1 atom stereocenters. The van der Waals surface area contributed by atoms with Gasteiger partial charge in [-0.3, -0.25) is 4.79 Å². The van der Waals surface area contributed by atoms with Gasteiger partial charge in [0.2, 0.25) is 0 Å². The Balaban J connectivity index is 1.96. The van der Waals surface area contributed by atoms with Crippen molar-refractivity contribution >= 4 is 11.9 Å². The Bertz CT molecular complexity index is 668. The van der Waals surface area contributed by atoms with Crippen LogP contribution in [0.15, 0.2) is 60.7 Å². The summed E-state index contributed by atoms with van der Waals surface area (Å²) >= 11 is 0. The van der Waals surface area contributed by atoms with Crippen molar-refractivity contribution in [1.82, 2.24) is 5.32 Å². The highest BCUT2D eigenvalue weighted by molar-refractivity contribution is 5.87. The van der Waals surface area contributed by atoms with Crippen molar-refractivity contribution in [3.63, 3.8) is 0 Å². The fourth-order valence-electron chi connectivity index (χ4n) is 2.55. The summed E-state index contributed by atoms with van der Waals surface area (Å²) < 4.78 is 5.25. The number of ether oxygens (including phenoxy) is 1. The lowest BCUT2D eigenvalue weighted by Crippen LogP contribution is -2.43. The summed E-state index contributed by atoms with van der Waals surface area (Å²) in [6.07, 6.45) is 0.324. The Labute approximate surface area is 149 Å². The fraction of sp³-hybridized carbons (Fsp3) is 0.333. The van der Waals surface area contributed by atoms with Crippen molar-refractivity contribution < 1.29 is 14.3 Å². The fourth-order valence-corrected chi connectivity index (χ4v) is 2.55. The van der Waals surface area contributed by atoms with E-state index >= 15 is 0 Å². The largest absolute Gasteiger partial charge is 0.445 e. The van der Waals surface area contributed by atoms with E-state index in [2.05, 4.69) is 5.32 Å². The molecule has 132 valence electrons. The lowest BCUT2D eigenvalue weighted by atomic mass is 9.96. The molecule has 1 unspecified atom stereocenters. The van der Waals surface area contributed by atoms with Crippen LogP contribution in [0.25, 0.3) is 0 Å². The smallest absolute Gasteiger partial charge is 0.408 e. The molecule has 25 heavy (non-hydrogen) atoms. The molecular formula is C21H25NO3. The van der Waals surface area contributed by atoms with Crippen LogP contribution in [0.3, 0.4) is 0 Å². The normalized spacial score (nSPS) is 11.8. The first-order valence-electron chi connectivity index (χ1n) is 8.58. The molecule has 0 fully saturated rings. The van der Waals surface area contributed by atoms with Crippen LogP contribution < -0.4 is 5.32 Å². The van der Waals surface area contributed by atoms with Gasteiger partial charge in [0.25, 0.3) is 0 Å². The number of alkyl carbamates (subject to hydrolysis) is 1. The zero-order chi connectivity index (χ0) is 18.1. The topological polar surface area (TPSA) is 55.4 Å².